The van der Waals surface area contributed by atoms with Crippen LogP contribution in [0.1, 0.15) is 32.1 Å². The molecule has 0 aliphatic carbocycles. The predicted octanol–water partition coefficient (Wildman–Crippen LogP) is 2.22. The summed E-state index contributed by atoms with van der Waals surface area (Å²) in [6.45, 7) is 2.94. The molecule has 2 aliphatic rings. The van der Waals surface area contributed by atoms with Crippen LogP contribution >= 0.6 is 0 Å². The highest BCUT2D eigenvalue weighted by atomic mass is 19.1. The van der Waals surface area contributed by atoms with Gasteiger partial charge in [-0.2, -0.15) is 0 Å². The molecule has 0 bridgehead atoms. The van der Waals surface area contributed by atoms with E-state index in [1.807, 2.05) is 0 Å². The lowest BCUT2D eigenvalue weighted by atomic mass is 9.84. The number of hydrogen-bond donors (Lipinski definition) is 2. The average Bonchev–Trinajstić information content (AvgIpc) is 2.55. The van der Waals surface area contributed by atoms with Crippen LogP contribution in [0.15, 0.2) is 24.3 Å². The van der Waals surface area contributed by atoms with Crippen molar-refractivity contribution in [3.63, 3.8) is 0 Å². The molecule has 5 heteroatoms. The van der Waals surface area contributed by atoms with Crippen LogP contribution in [0.5, 0.6) is 0 Å². The molecule has 2 aliphatic heterocycles. The van der Waals surface area contributed by atoms with Gasteiger partial charge in [0.05, 0.1) is 24.8 Å². The SMILES string of the molecule is O=C(Nc1ccccc1F)OC[C@H]1CCC[NH+]2CCCC[C@@H]12. The first-order valence-corrected chi connectivity index (χ1v) is 8.27. The minimum atomic E-state index is -0.562. The summed E-state index contributed by atoms with van der Waals surface area (Å²) in [5.74, 6) is -0.00423. The van der Waals surface area contributed by atoms with Crippen LogP contribution in [0.2, 0.25) is 0 Å². The first-order chi connectivity index (χ1) is 10.7. The van der Waals surface area contributed by atoms with Gasteiger partial charge in [0.1, 0.15) is 12.4 Å². The fourth-order valence-corrected chi connectivity index (χ4v) is 3.87. The molecule has 0 saturated carbocycles. The second-order valence-electron chi connectivity index (χ2n) is 6.37. The van der Waals surface area contributed by atoms with E-state index in [9.17, 15) is 9.18 Å². The fourth-order valence-electron chi connectivity index (χ4n) is 3.87. The monoisotopic (exact) mass is 307 g/mol. The number of nitrogens with one attached hydrogen (secondary N) is 2. The van der Waals surface area contributed by atoms with Crippen LogP contribution in [0.4, 0.5) is 14.9 Å². The van der Waals surface area contributed by atoms with Crippen LogP contribution in [-0.2, 0) is 4.74 Å². The Kier molecular flexibility index (Phi) is 4.93. The lowest BCUT2D eigenvalue weighted by Gasteiger charge is -2.40. The number of halogens is 1. The van der Waals surface area contributed by atoms with Gasteiger partial charge in [-0.25, -0.2) is 9.18 Å². The number of ether oxygens (including phenoxy) is 1. The Morgan fingerprint density at radius 1 is 1.23 bits per heavy atom. The molecule has 3 atom stereocenters. The average molecular weight is 307 g/mol. The van der Waals surface area contributed by atoms with Gasteiger partial charge in [-0.05, 0) is 44.2 Å². The highest BCUT2D eigenvalue weighted by molar-refractivity contribution is 5.84. The molecule has 0 spiro atoms. The summed E-state index contributed by atoms with van der Waals surface area (Å²) in [5.41, 5.74) is 0.168. The molecule has 120 valence electrons. The van der Waals surface area contributed by atoms with Crippen molar-refractivity contribution in [2.75, 3.05) is 25.0 Å². The van der Waals surface area contributed by atoms with Gasteiger partial charge in [0.2, 0.25) is 0 Å². The first kappa shape index (κ1) is 15.3. The molecular formula is C17H24FN2O2+. The summed E-state index contributed by atoms with van der Waals surface area (Å²) < 4.78 is 18.9. The van der Waals surface area contributed by atoms with Gasteiger partial charge < -0.3 is 9.64 Å². The topological polar surface area (TPSA) is 42.8 Å². The maximum absolute atomic E-state index is 13.5. The molecule has 2 heterocycles. The van der Waals surface area contributed by atoms with E-state index in [0.717, 1.165) is 6.42 Å². The number of anilines is 1. The third-order valence-electron chi connectivity index (χ3n) is 4.97. The van der Waals surface area contributed by atoms with E-state index in [0.29, 0.717) is 18.6 Å². The van der Waals surface area contributed by atoms with Crippen molar-refractivity contribution in [2.24, 2.45) is 5.92 Å². The third kappa shape index (κ3) is 3.58. The number of amides is 1. The summed E-state index contributed by atoms with van der Waals surface area (Å²) in [6.07, 6.45) is 5.60. The molecule has 3 rings (SSSR count). The van der Waals surface area contributed by atoms with E-state index < -0.39 is 11.9 Å². The number of para-hydroxylation sites is 1. The van der Waals surface area contributed by atoms with E-state index in [4.69, 9.17) is 4.74 Å². The predicted molar refractivity (Wildman–Crippen MR) is 82.4 cm³/mol. The van der Waals surface area contributed by atoms with Gasteiger partial charge in [0, 0.05) is 5.92 Å². The molecule has 22 heavy (non-hydrogen) atoms. The van der Waals surface area contributed by atoms with E-state index in [1.54, 1.807) is 17.0 Å². The number of quaternary nitrogens is 1. The largest absolute Gasteiger partial charge is 0.449 e. The molecular weight excluding hydrogens is 283 g/mol. The molecule has 1 unspecified atom stereocenters. The molecule has 1 aromatic carbocycles. The Bertz CT molecular complexity index is 521. The van der Waals surface area contributed by atoms with Crippen LogP contribution < -0.4 is 10.2 Å². The lowest BCUT2D eigenvalue weighted by molar-refractivity contribution is -0.940. The van der Waals surface area contributed by atoms with E-state index in [-0.39, 0.29) is 5.69 Å². The van der Waals surface area contributed by atoms with Crippen molar-refractivity contribution in [3.05, 3.63) is 30.1 Å². The zero-order chi connectivity index (χ0) is 15.4. The van der Waals surface area contributed by atoms with Crippen molar-refractivity contribution in [1.29, 1.82) is 0 Å². The quantitative estimate of drug-likeness (QED) is 0.899. The number of carbonyl (C=O) groups excluding carboxylic acids is 1. The highest BCUT2D eigenvalue weighted by Crippen LogP contribution is 2.21. The van der Waals surface area contributed by atoms with Crippen LogP contribution in [0.25, 0.3) is 0 Å². The molecule has 1 aromatic rings. The van der Waals surface area contributed by atoms with Crippen molar-refractivity contribution < 1.29 is 18.8 Å². The van der Waals surface area contributed by atoms with Crippen molar-refractivity contribution in [2.45, 2.75) is 38.1 Å². The standard InChI is InChI=1S/C17H23FN2O2/c18-14-7-1-2-8-15(14)19-17(21)22-12-13-6-5-11-20-10-4-3-9-16(13)20/h1-2,7-8,13,16H,3-6,9-12H2,(H,19,21)/p+1/t13-,16+/m1/s1. The normalized spacial score (nSPS) is 27.8. The molecule has 1 amide bonds. The Hall–Kier alpha value is -1.62. The van der Waals surface area contributed by atoms with E-state index >= 15 is 0 Å². The van der Waals surface area contributed by atoms with Gasteiger partial charge in [-0.3, -0.25) is 5.32 Å². The minimum Gasteiger partial charge on any atom is -0.449 e. The Morgan fingerprint density at radius 2 is 2.05 bits per heavy atom. The van der Waals surface area contributed by atoms with Gasteiger partial charge >= 0.3 is 6.09 Å². The smallest absolute Gasteiger partial charge is 0.411 e. The third-order valence-corrected chi connectivity index (χ3v) is 4.97. The first-order valence-electron chi connectivity index (χ1n) is 8.27. The summed E-state index contributed by atoms with van der Waals surface area (Å²) in [4.78, 5) is 13.5. The van der Waals surface area contributed by atoms with E-state index in [1.165, 1.54) is 50.9 Å². The summed E-state index contributed by atoms with van der Waals surface area (Å²) in [5, 5.41) is 2.48. The molecule has 2 fully saturated rings. The van der Waals surface area contributed by atoms with Crippen LogP contribution in [0.3, 0.4) is 0 Å². The molecule has 2 saturated heterocycles. The molecule has 2 N–H and O–H groups in total. The van der Waals surface area contributed by atoms with Gasteiger partial charge in [0.25, 0.3) is 0 Å². The minimum absolute atomic E-state index is 0.168. The van der Waals surface area contributed by atoms with Gasteiger partial charge in [-0.15, -0.1) is 0 Å². The highest BCUT2D eigenvalue weighted by Gasteiger charge is 2.37. The van der Waals surface area contributed by atoms with Gasteiger partial charge in [0.15, 0.2) is 0 Å². The number of rotatable bonds is 3. The Morgan fingerprint density at radius 3 is 2.91 bits per heavy atom. The second kappa shape index (κ2) is 7.09. The van der Waals surface area contributed by atoms with E-state index in [2.05, 4.69) is 5.32 Å². The Balaban J connectivity index is 1.51. The maximum atomic E-state index is 13.5. The lowest BCUT2D eigenvalue weighted by Crippen LogP contribution is -3.18. The molecule has 0 radical (unpaired) electrons. The summed E-state index contributed by atoms with van der Waals surface area (Å²) in [7, 11) is 0. The number of hydrogen-bond acceptors (Lipinski definition) is 2. The molecule has 4 nitrogen and oxygen atoms in total. The number of fused-ring (bicyclic) bond motifs is 1. The maximum Gasteiger partial charge on any atom is 0.411 e. The number of benzene rings is 1. The van der Waals surface area contributed by atoms with Gasteiger partial charge in [-0.1, -0.05) is 12.1 Å². The van der Waals surface area contributed by atoms with Crippen molar-refractivity contribution in [1.82, 2.24) is 0 Å². The second-order valence-corrected chi connectivity index (χ2v) is 6.37. The summed E-state index contributed by atoms with van der Waals surface area (Å²) >= 11 is 0. The van der Waals surface area contributed by atoms with Crippen LogP contribution in [-0.4, -0.2) is 31.8 Å². The van der Waals surface area contributed by atoms with Crippen molar-refractivity contribution in [3.8, 4) is 0 Å². The zero-order valence-corrected chi connectivity index (χ0v) is 12.8. The van der Waals surface area contributed by atoms with Crippen molar-refractivity contribution >= 4 is 11.8 Å². The zero-order valence-electron chi connectivity index (χ0n) is 12.8. The number of piperidine rings is 2. The molecule has 0 aromatic heterocycles. The summed E-state index contributed by atoms with van der Waals surface area (Å²) in [6, 6.07) is 6.76. The van der Waals surface area contributed by atoms with Crippen LogP contribution in [0, 0.1) is 11.7 Å². The fraction of sp³-hybridized carbons (Fsp3) is 0.588. The number of carbonyl (C=O) groups is 1. The Labute approximate surface area is 130 Å².